The molecular weight excluding hydrogens is 398 g/mol. The normalized spacial score (nSPS) is 23.4. The maximum Gasteiger partial charge on any atom is 0.433 e. The average Bonchev–Trinajstić information content (AvgIpc) is 2.95. The largest absolute Gasteiger partial charge is 0.433 e. The summed E-state index contributed by atoms with van der Waals surface area (Å²) in [4.78, 5) is 20.2. The zero-order valence-corrected chi connectivity index (χ0v) is 16.8. The van der Waals surface area contributed by atoms with Crippen molar-refractivity contribution in [1.29, 1.82) is 0 Å². The summed E-state index contributed by atoms with van der Waals surface area (Å²) in [6.45, 7) is 5.05. The first-order valence-electron chi connectivity index (χ1n) is 9.95. The number of amides is 1. The van der Waals surface area contributed by atoms with Gasteiger partial charge in [-0.25, -0.2) is 9.37 Å². The van der Waals surface area contributed by atoms with Crippen molar-refractivity contribution in [3.63, 3.8) is 0 Å². The van der Waals surface area contributed by atoms with Crippen LogP contribution in [0.25, 0.3) is 0 Å². The van der Waals surface area contributed by atoms with E-state index in [-0.39, 0.29) is 29.0 Å². The molecule has 0 N–H and O–H groups in total. The van der Waals surface area contributed by atoms with Crippen LogP contribution in [-0.4, -0.2) is 40.5 Å². The maximum atomic E-state index is 13.8. The molecule has 30 heavy (non-hydrogen) atoms. The maximum absolute atomic E-state index is 13.8. The third-order valence-corrected chi connectivity index (χ3v) is 6.07. The first-order valence-corrected chi connectivity index (χ1v) is 9.95. The number of benzene rings is 1. The van der Waals surface area contributed by atoms with E-state index in [1.54, 1.807) is 11.0 Å². The monoisotopic (exact) mass is 421 g/mol. The van der Waals surface area contributed by atoms with Gasteiger partial charge in [0.2, 0.25) is 0 Å². The molecule has 1 amide bonds. The molecule has 1 aromatic carbocycles. The first-order chi connectivity index (χ1) is 14.1. The summed E-state index contributed by atoms with van der Waals surface area (Å²) < 4.78 is 52.6. The van der Waals surface area contributed by atoms with Gasteiger partial charge in [0.05, 0.1) is 0 Å². The fourth-order valence-corrected chi connectivity index (χ4v) is 4.97. The lowest BCUT2D eigenvalue weighted by Crippen LogP contribution is -2.50. The number of rotatable bonds is 2. The van der Waals surface area contributed by atoms with E-state index < -0.39 is 17.8 Å². The zero-order valence-electron chi connectivity index (χ0n) is 16.8. The molecule has 2 saturated heterocycles. The molecule has 0 bridgehead atoms. The van der Waals surface area contributed by atoms with Crippen LogP contribution in [0.2, 0.25) is 0 Å². The van der Waals surface area contributed by atoms with Crippen molar-refractivity contribution >= 4 is 11.6 Å². The Morgan fingerprint density at radius 1 is 1.17 bits per heavy atom. The third kappa shape index (κ3) is 3.75. The number of pyridine rings is 1. The van der Waals surface area contributed by atoms with Crippen LogP contribution in [0.15, 0.2) is 42.5 Å². The number of piperidine rings is 1. The van der Waals surface area contributed by atoms with Gasteiger partial charge in [-0.3, -0.25) is 4.79 Å². The van der Waals surface area contributed by atoms with Crippen molar-refractivity contribution in [1.82, 2.24) is 9.88 Å². The second-order valence-electron chi connectivity index (χ2n) is 8.64. The van der Waals surface area contributed by atoms with Crippen LogP contribution < -0.4 is 4.90 Å². The Bertz CT molecular complexity index is 959. The number of likely N-dealkylation sites (tertiary alicyclic amines) is 1. The lowest BCUT2D eigenvalue weighted by molar-refractivity contribution is -0.141. The molecule has 0 unspecified atom stereocenters. The van der Waals surface area contributed by atoms with Crippen LogP contribution in [0.5, 0.6) is 0 Å². The first kappa shape index (κ1) is 20.6. The van der Waals surface area contributed by atoms with E-state index in [9.17, 15) is 22.4 Å². The molecule has 0 saturated carbocycles. The number of hydrogen-bond donors (Lipinski definition) is 0. The minimum Gasteiger partial charge on any atom is -0.363 e. The van der Waals surface area contributed by atoms with Gasteiger partial charge in [0.1, 0.15) is 17.2 Å². The SMILES string of the molecule is CC1(C)C[C@@H]2CN(C(=O)c3cccc(C(F)(F)F)n3)CC[C@@H]2N1c1cccc(F)c1. The van der Waals surface area contributed by atoms with E-state index >= 15 is 0 Å². The summed E-state index contributed by atoms with van der Waals surface area (Å²) in [7, 11) is 0. The Morgan fingerprint density at radius 3 is 2.60 bits per heavy atom. The van der Waals surface area contributed by atoms with Crippen molar-refractivity contribution in [2.24, 2.45) is 5.92 Å². The molecule has 2 atom stereocenters. The Balaban J connectivity index is 1.54. The van der Waals surface area contributed by atoms with Crippen LogP contribution in [0.4, 0.5) is 23.2 Å². The number of alkyl halides is 3. The second kappa shape index (κ2) is 7.25. The van der Waals surface area contributed by atoms with Crippen LogP contribution in [0.1, 0.15) is 42.9 Å². The third-order valence-electron chi connectivity index (χ3n) is 6.07. The number of carbonyl (C=O) groups is 1. The fraction of sp³-hybridized carbons (Fsp3) is 0.455. The molecule has 0 radical (unpaired) electrons. The number of hydrogen-bond acceptors (Lipinski definition) is 3. The van der Waals surface area contributed by atoms with Crippen LogP contribution in [0.3, 0.4) is 0 Å². The Hall–Kier alpha value is -2.64. The predicted octanol–water partition coefficient (Wildman–Crippen LogP) is 4.76. The molecule has 3 heterocycles. The van der Waals surface area contributed by atoms with E-state index in [1.165, 1.54) is 24.3 Å². The summed E-state index contributed by atoms with van der Waals surface area (Å²) in [5.41, 5.74) is -0.673. The number of carbonyl (C=O) groups excluding carboxylic acids is 1. The molecule has 2 aliphatic rings. The van der Waals surface area contributed by atoms with Crippen molar-refractivity contribution in [3.8, 4) is 0 Å². The standard InChI is InChI=1S/C22H23F4N3O/c1-21(2)12-14-13-28(20(30)17-7-4-8-19(27-17)22(24,25)26)10-9-18(14)29(21)16-6-3-5-15(23)11-16/h3-8,11,14,18H,9-10,12-13H2,1-2H3/t14-,18+/m1/s1. The van der Waals surface area contributed by atoms with Crippen LogP contribution >= 0.6 is 0 Å². The topological polar surface area (TPSA) is 36.4 Å². The van der Waals surface area contributed by atoms with Gasteiger partial charge in [-0.15, -0.1) is 0 Å². The van der Waals surface area contributed by atoms with Gasteiger partial charge in [-0.2, -0.15) is 13.2 Å². The van der Waals surface area contributed by atoms with Crippen LogP contribution in [0, 0.1) is 11.7 Å². The molecule has 2 aromatic rings. The number of nitrogens with zero attached hydrogens (tertiary/aromatic N) is 3. The van der Waals surface area contributed by atoms with Gasteiger partial charge in [0.15, 0.2) is 0 Å². The van der Waals surface area contributed by atoms with E-state index in [0.29, 0.717) is 19.5 Å². The highest BCUT2D eigenvalue weighted by molar-refractivity contribution is 5.92. The molecule has 8 heteroatoms. The Labute approximate surface area is 172 Å². The average molecular weight is 421 g/mol. The molecule has 0 spiro atoms. The Kier molecular flexibility index (Phi) is 4.98. The highest BCUT2D eigenvalue weighted by Gasteiger charge is 2.49. The summed E-state index contributed by atoms with van der Waals surface area (Å²) >= 11 is 0. The van der Waals surface area contributed by atoms with Gasteiger partial charge in [-0.05, 0) is 62.9 Å². The molecule has 0 aliphatic carbocycles. The minimum absolute atomic E-state index is 0.139. The molecule has 2 aliphatic heterocycles. The number of halogens is 4. The van der Waals surface area contributed by atoms with Gasteiger partial charge in [-0.1, -0.05) is 12.1 Å². The van der Waals surface area contributed by atoms with Gasteiger partial charge in [0, 0.05) is 30.4 Å². The van der Waals surface area contributed by atoms with Crippen molar-refractivity contribution in [2.45, 2.75) is 44.4 Å². The highest BCUT2D eigenvalue weighted by Crippen LogP contribution is 2.44. The number of anilines is 1. The molecule has 4 nitrogen and oxygen atoms in total. The smallest absolute Gasteiger partial charge is 0.363 e. The molecule has 1 aromatic heterocycles. The van der Waals surface area contributed by atoms with Crippen molar-refractivity contribution < 1.29 is 22.4 Å². The fourth-order valence-electron chi connectivity index (χ4n) is 4.97. The minimum atomic E-state index is -4.59. The lowest BCUT2D eigenvalue weighted by Gasteiger charge is -2.41. The molecule has 160 valence electrons. The lowest BCUT2D eigenvalue weighted by atomic mass is 9.89. The molecule has 2 fully saturated rings. The number of fused-ring (bicyclic) bond motifs is 1. The summed E-state index contributed by atoms with van der Waals surface area (Å²) in [6.07, 6.45) is -3.13. The Morgan fingerprint density at radius 2 is 1.90 bits per heavy atom. The summed E-state index contributed by atoms with van der Waals surface area (Å²) in [5.74, 6) is -0.636. The van der Waals surface area contributed by atoms with E-state index in [1.807, 2.05) is 6.07 Å². The summed E-state index contributed by atoms with van der Waals surface area (Å²) in [6, 6.07) is 10.0. The van der Waals surface area contributed by atoms with E-state index in [0.717, 1.165) is 18.2 Å². The van der Waals surface area contributed by atoms with E-state index in [4.69, 9.17) is 0 Å². The second-order valence-corrected chi connectivity index (χ2v) is 8.64. The molecular formula is C22H23F4N3O. The van der Waals surface area contributed by atoms with Gasteiger partial charge < -0.3 is 9.80 Å². The quantitative estimate of drug-likeness (QED) is 0.656. The molecule has 4 rings (SSSR count). The van der Waals surface area contributed by atoms with Crippen LogP contribution in [-0.2, 0) is 6.18 Å². The van der Waals surface area contributed by atoms with Crippen molar-refractivity contribution in [3.05, 3.63) is 59.7 Å². The zero-order chi connectivity index (χ0) is 21.7. The predicted molar refractivity (Wildman–Crippen MR) is 105 cm³/mol. The summed E-state index contributed by atoms with van der Waals surface area (Å²) in [5, 5.41) is 0. The highest BCUT2D eigenvalue weighted by atomic mass is 19.4. The van der Waals surface area contributed by atoms with Gasteiger partial charge in [0.25, 0.3) is 5.91 Å². The number of aromatic nitrogens is 1. The van der Waals surface area contributed by atoms with Crippen molar-refractivity contribution in [2.75, 3.05) is 18.0 Å². The van der Waals surface area contributed by atoms with Gasteiger partial charge >= 0.3 is 6.18 Å². The van der Waals surface area contributed by atoms with E-state index in [2.05, 4.69) is 23.7 Å².